The minimum atomic E-state index is -0.177. The molecule has 0 bridgehead atoms. The molecule has 0 unspecified atom stereocenters. The molecule has 1 saturated carbocycles. The van der Waals surface area contributed by atoms with Crippen LogP contribution in [0.3, 0.4) is 0 Å². The molecule has 2 aromatic carbocycles. The second kappa shape index (κ2) is 9.80. The number of aromatic nitrogens is 2. The largest absolute Gasteiger partial charge is 0.480 e. The highest BCUT2D eigenvalue weighted by Gasteiger charge is 2.22. The molecule has 0 N–H and O–H groups in total. The molecule has 1 aromatic heterocycles. The van der Waals surface area contributed by atoms with Crippen molar-refractivity contribution in [3.63, 3.8) is 0 Å². The van der Waals surface area contributed by atoms with Gasteiger partial charge < -0.3 is 4.74 Å². The van der Waals surface area contributed by atoms with Crippen LogP contribution >= 0.6 is 31.9 Å². The van der Waals surface area contributed by atoms with Crippen molar-refractivity contribution >= 4 is 49.0 Å². The van der Waals surface area contributed by atoms with Gasteiger partial charge in [-0.15, -0.1) is 6.42 Å². The Labute approximate surface area is 197 Å². The molecular weight excluding hydrogens is 522 g/mol. The fraction of sp³-hybridized carbons (Fsp3) is 0.292. The van der Waals surface area contributed by atoms with E-state index in [9.17, 15) is 4.79 Å². The van der Waals surface area contributed by atoms with Crippen LogP contribution in [0.15, 0.2) is 55.2 Å². The SMILES string of the molecule is C#CCOc1ccc(Br)cc1C=Nn1c(C2CCCCC2)nc2ccc(Br)cc2c1=O. The van der Waals surface area contributed by atoms with E-state index in [0.717, 1.165) is 46.0 Å². The maximum absolute atomic E-state index is 13.4. The van der Waals surface area contributed by atoms with Gasteiger partial charge in [0.1, 0.15) is 18.2 Å². The molecule has 0 amide bonds. The van der Waals surface area contributed by atoms with Gasteiger partial charge in [-0.2, -0.15) is 9.78 Å². The molecule has 4 rings (SSSR count). The van der Waals surface area contributed by atoms with Gasteiger partial charge in [-0.1, -0.05) is 57.0 Å². The predicted octanol–water partition coefficient (Wildman–Crippen LogP) is 5.86. The lowest BCUT2D eigenvalue weighted by atomic mass is 9.88. The smallest absolute Gasteiger partial charge is 0.282 e. The number of hydrogen-bond acceptors (Lipinski definition) is 4. The molecule has 1 fully saturated rings. The van der Waals surface area contributed by atoms with E-state index in [1.165, 1.54) is 11.1 Å². The number of halogens is 2. The third kappa shape index (κ3) is 4.91. The standard InChI is InChI=1S/C24H21Br2N3O2/c1-2-12-31-22-11-9-18(25)13-17(22)15-27-29-23(16-6-4-3-5-7-16)28-21-10-8-19(26)14-20(21)24(29)30/h1,8-11,13-16H,3-7,12H2. The van der Waals surface area contributed by atoms with Crippen molar-refractivity contribution in [2.75, 3.05) is 6.61 Å². The monoisotopic (exact) mass is 541 g/mol. The maximum atomic E-state index is 13.4. The highest BCUT2D eigenvalue weighted by molar-refractivity contribution is 9.10. The van der Waals surface area contributed by atoms with Crippen molar-refractivity contribution < 1.29 is 4.74 Å². The van der Waals surface area contributed by atoms with Gasteiger partial charge in [-0.3, -0.25) is 4.79 Å². The first-order chi connectivity index (χ1) is 15.1. The fourth-order valence-corrected chi connectivity index (χ4v) is 4.63. The Morgan fingerprint density at radius 2 is 1.90 bits per heavy atom. The van der Waals surface area contributed by atoms with E-state index >= 15 is 0 Å². The molecule has 0 radical (unpaired) electrons. The van der Waals surface area contributed by atoms with Gasteiger partial charge in [0.15, 0.2) is 0 Å². The summed E-state index contributed by atoms with van der Waals surface area (Å²) < 4.78 is 8.80. The molecule has 1 aliphatic rings. The maximum Gasteiger partial charge on any atom is 0.282 e. The van der Waals surface area contributed by atoms with Crippen LogP contribution in [-0.4, -0.2) is 22.5 Å². The number of ether oxygens (including phenoxy) is 1. The van der Waals surface area contributed by atoms with E-state index in [1.807, 2.05) is 30.3 Å². The summed E-state index contributed by atoms with van der Waals surface area (Å²) in [5.74, 6) is 4.01. The normalized spacial score (nSPS) is 14.7. The van der Waals surface area contributed by atoms with E-state index in [-0.39, 0.29) is 18.1 Å². The molecule has 0 saturated heterocycles. The first kappa shape index (κ1) is 21.8. The Balaban J connectivity index is 1.84. The molecule has 5 nitrogen and oxygen atoms in total. The Morgan fingerprint density at radius 3 is 2.68 bits per heavy atom. The van der Waals surface area contributed by atoms with Crippen LogP contribution in [0.5, 0.6) is 5.75 Å². The summed E-state index contributed by atoms with van der Waals surface area (Å²) in [5.41, 5.74) is 1.24. The molecule has 0 atom stereocenters. The third-order valence-corrected chi connectivity index (χ3v) is 6.39. The van der Waals surface area contributed by atoms with Gasteiger partial charge in [0.05, 0.1) is 17.1 Å². The van der Waals surface area contributed by atoms with Gasteiger partial charge in [0.25, 0.3) is 5.56 Å². The first-order valence-electron chi connectivity index (χ1n) is 10.2. The second-order valence-electron chi connectivity index (χ2n) is 7.50. The molecule has 1 aliphatic carbocycles. The average molecular weight is 543 g/mol. The lowest BCUT2D eigenvalue weighted by Gasteiger charge is -2.22. The Bertz CT molecular complexity index is 1240. The molecule has 7 heteroatoms. The number of rotatable bonds is 5. The average Bonchev–Trinajstić information content (AvgIpc) is 2.78. The summed E-state index contributed by atoms with van der Waals surface area (Å²) >= 11 is 6.93. The zero-order valence-electron chi connectivity index (χ0n) is 16.9. The Kier molecular flexibility index (Phi) is 6.89. The lowest BCUT2D eigenvalue weighted by Crippen LogP contribution is -2.25. The minimum absolute atomic E-state index is 0.154. The fourth-order valence-electron chi connectivity index (χ4n) is 3.89. The summed E-state index contributed by atoms with van der Waals surface area (Å²) in [7, 11) is 0. The van der Waals surface area contributed by atoms with Crippen LogP contribution in [0.4, 0.5) is 0 Å². The molecular formula is C24H21Br2N3O2. The minimum Gasteiger partial charge on any atom is -0.480 e. The quantitative estimate of drug-likeness (QED) is 0.299. The second-order valence-corrected chi connectivity index (χ2v) is 9.33. The summed E-state index contributed by atoms with van der Waals surface area (Å²) in [5, 5.41) is 5.12. The highest BCUT2D eigenvalue weighted by Crippen LogP contribution is 2.32. The summed E-state index contributed by atoms with van der Waals surface area (Å²) in [6.07, 6.45) is 12.5. The molecule has 1 heterocycles. The number of nitrogens with zero attached hydrogens (tertiary/aromatic N) is 3. The van der Waals surface area contributed by atoms with E-state index in [1.54, 1.807) is 12.3 Å². The van der Waals surface area contributed by atoms with Crippen molar-refractivity contribution in [1.82, 2.24) is 9.66 Å². The highest BCUT2D eigenvalue weighted by atomic mass is 79.9. The number of hydrogen-bond donors (Lipinski definition) is 0. The molecule has 3 aromatic rings. The molecule has 158 valence electrons. The number of fused-ring (bicyclic) bond motifs is 1. The summed E-state index contributed by atoms with van der Waals surface area (Å²) in [6.45, 7) is 0.154. The van der Waals surface area contributed by atoms with Crippen LogP contribution in [-0.2, 0) is 0 Å². The zero-order valence-corrected chi connectivity index (χ0v) is 20.0. The molecule has 0 spiro atoms. The van der Waals surface area contributed by atoms with Crippen molar-refractivity contribution in [1.29, 1.82) is 0 Å². The molecule has 0 aliphatic heterocycles. The van der Waals surface area contributed by atoms with Gasteiger partial charge in [0.2, 0.25) is 0 Å². The summed E-state index contributed by atoms with van der Waals surface area (Å²) in [6, 6.07) is 11.2. The van der Waals surface area contributed by atoms with Crippen LogP contribution in [0.25, 0.3) is 10.9 Å². The third-order valence-electron chi connectivity index (χ3n) is 5.40. The van der Waals surface area contributed by atoms with Gasteiger partial charge in [-0.25, -0.2) is 4.98 Å². The zero-order chi connectivity index (χ0) is 21.8. The van der Waals surface area contributed by atoms with E-state index < -0.39 is 0 Å². The van der Waals surface area contributed by atoms with Crippen molar-refractivity contribution in [3.8, 4) is 18.1 Å². The van der Waals surface area contributed by atoms with Crippen molar-refractivity contribution in [3.05, 3.63) is 67.1 Å². The Hall–Kier alpha value is -2.43. The topological polar surface area (TPSA) is 56.5 Å². The van der Waals surface area contributed by atoms with Crippen LogP contribution < -0.4 is 10.3 Å². The Morgan fingerprint density at radius 1 is 1.16 bits per heavy atom. The number of benzene rings is 2. The van der Waals surface area contributed by atoms with Crippen molar-refractivity contribution in [2.24, 2.45) is 5.10 Å². The van der Waals surface area contributed by atoms with Crippen molar-refractivity contribution in [2.45, 2.75) is 38.0 Å². The van der Waals surface area contributed by atoms with E-state index in [0.29, 0.717) is 16.7 Å². The lowest BCUT2D eigenvalue weighted by molar-refractivity contribution is 0.370. The number of terminal acetylenes is 1. The molecule has 31 heavy (non-hydrogen) atoms. The van der Waals surface area contributed by atoms with Gasteiger partial charge in [0, 0.05) is 20.4 Å². The van der Waals surface area contributed by atoms with Crippen LogP contribution in [0.2, 0.25) is 0 Å². The van der Waals surface area contributed by atoms with Gasteiger partial charge in [-0.05, 0) is 49.2 Å². The summed E-state index contributed by atoms with van der Waals surface area (Å²) in [4.78, 5) is 18.3. The van der Waals surface area contributed by atoms with E-state index in [4.69, 9.17) is 16.1 Å². The van der Waals surface area contributed by atoms with Crippen LogP contribution in [0.1, 0.15) is 49.4 Å². The van der Waals surface area contributed by atoms with Crippen LogP contribution in [0, 0.1) is 12.3 Å². The van der Waals surface area contributed by atoms with E-state index in [2.05, 4.69) is 42.9 Å². The van der Waals surface area contributed by atoms with Gasteiger partial charge >= 0.3 is 0 Å². The first-order valence-corrected chi connectivity index (χ1v) is 11.8. The predicted molar refractivity (Wildman–Crippen MR) is 131 cm³/mol.